The number of nitrogens with zero attached hydrogens (tertiary/aromatic N) is 2. The van der Waals surface area contributed by atoms with Gasteiger partial charge in [-0.15, -0.1) is 0 Å². The van der Waals surface area contributed by atoms with Gasteiger partial charge in [-0.3, -0.25) is 9.80 Å². The Bertz CT molecular complexity index is 1040. The van der Waals surface area contributed by atoms with Crippen LogP contribution in [0.15, 0.2) is 36.4 Å². The average molecular weight is 496 g/mol. The zero-order valence-electron chi connectivity index (χ0n) is 22.4. The molecule has 36 heavy (non-hydrogen) atoms. The normalized spacial score (nSPS) is 23.1. The van der Waals surface area contributed by atoms with Gasteiger partial charge in [-0.1, -0.05) is 38.1 Å². The minimum atomic E-state index is -0.367. The Kier molecular flexibility index (Phi) is 7.57. The van der Waals surface area contributed by atoms with Crippen molar-refractivity contribution in [2.75, 3.05) is 46.9 Å². The molecule has 5 nitrogen and oxygen atoms in total. The van der Waals surface area contributed by atoms with Crippen molar-refractivity contribution in [1.29, 1.82) is 0 Å². The van der Waals surface area contributed by atoms with E-state index in [9.17, 15) is 4.39 Å². The second-order valence-electron chi connectivity index (χ2n) is 11.4. The van der Waals surface area contributed by atoms with Gasteiger partial charge < -0.3 is 14.8 Å². The molecule has 5 rings (SSSR count). The van der Waals surface area contributed by atoms with E-state index in [1.807, 2.05) is 6.07 Å². The number of hydrogen-bond donors (Lipinski definition) is 1. The van der Waals surface area contributed by atoms with E-state index in [0.29, 0.717) is 35.7 Å². The maximum absolute atomic E-state index is 14.7. The third kappa shape index (κ3) is 5.00. The van der Waals surface area contributed by atoms with Crippen LogP contribution in [0.5, 0.6) is 11.5 Å². The van der Waals surface area contributed by atoms with Gasteiger partial charge >= 0.3 is 0 Å². The van der Waals surface area contributed by atoms with Crippen molar-refractivity contribution in [1.82, 2.24) is 15.1 Å². The summed E-state index contributed by atoms with van der Waals surface area (Å²) in [4.78, 5) is 5.29. The summed E-state index contributed by atoms with van der Waals surface area (Å²) in [6.07, 6.45) is 5.30. The van der Waals surface area contributed by atoms with Crippen LogP contribution in [-0.2, 0) is 6.54 Å². The molecule has 1 saturated carbocycles. The molecule has 1 aliphatic carbocycles. The van der Waals surface area contributed by atoms with E-state index in [1.54, 1.807) is 13.2 Å². The van der Waals surface area contributed by atoms with Gasteiger partial charge in [0.05, 0.1) is 14.2 Å². The predicted molar refractivity (Wildman–Crippen MR) is 142 cm³/mol. The third-order valence-electron chi connectivity index (χ3n) is 8.85. The number of methoxy groups -OCH3 is 2. The van der Waals surface area contributed by atoms with Gasteiger partial charge in [-0.2, -0.15) is 0 Å². The number of halogens is 1. The van der Waals surface area contributed by atoms with Crippen molar-refractivity contribution < 1.29 is 13.9 Å². The van der Waals surface area contributed by atoms with E-state index < -0.39 is 0 Å². The molecule has 1 N–H and O–H groups in total. The Balaban J connectivity index is 1.38. The number of benzene rings is 2. The molecule has 2 aromatic carbocycles. The number of nitrogens with one attached hydrogen (secondary N) is 1. The van der Waals surface area contributed by atoms with E-state index in [0.717, 1.165) is 25.2 Å². The molecule has 3 aliphatic rings. The Morgan fingerprint density at radius 3 is 2.50 bits per heavy atom. The maximum atomic E-state index is 14.7. The van der Waals surface area contributed by atoms with Gasteiger partial charge in [-0.25, -0.2) is 4.39 Å². The summed E-state index contributed by atoms with van der Waals surface area (Å²) in [5.41, 5.74) is 4.39. The zero-order valence-corrected chi connectivity index (χ0v) is 22.4. The molecule has 0 aromatic heterocycles. The zero-order chi connectivity index (χ0) is 25.3. The van der Waals surface area contributed by atoms with Crippen molar-refractivity contribution >= 4 is 0 Å². The molecule has 2 aliphatic heterocycles. The summed E-state index contributed by atoms with van der Waals surface area (Å²) in [5, 5.41) is 3.54. The molecule has 1 spiro atoms. The van der Waals surface area contributed by atoms with Gasteiger partial charge in [0.2, 0.25) is 0 Å². The highest BCUT2D eigenvalue weighted by Crippen LogP contribution is 2.52. The van der Waals surface area contributed by atoms with Crippen LogP contribution in [0.4, 0.5) is 4.39 Å². The van der Waals surface area contributed by atoms with Crippen LogP contribution in [0.25, 0.3) is 0 Å². The lowest BCUT2D eigenvalue weighted by atomic mass is 9.60. The molecule has 196 valence electrons. The highest BCUT2D eigenvalue weighted by atomic mass is 19.1. The van der Waals surface area contributed by atoms with E-state index in [2.05, 4.69) is 53.2 Å². The molecule has 3 fully saturated rings. The molecule has 1 unspecified atom stereocenters. The third-order valence-corrected chi connectivity index (χ3v) is 8.85. The largest absolute Gasteiger partial charge is 0.493 e. The van der Waals surface area contributed by atoms with Crippen LogP contribution in [0.2, 0.25) is 0 Å². The molecule has 2 saturated heterocycles. The average Bonchev–Trinajstić information content (AvgIpc) is 2.87. The topological polar surface area (TPSA) is 37.0 Å². The van der Waals surface area contributed by atoms with Crippen molar-refractivity contribution in [2.24, 2.45) is 5.41 Å². The summed E-state index contributed by atoms with van der Waals surface area (Å²) in [6.45, 7) is 10.6. The number of hydrogen-bond acceptors (Lipinski definition) is 5. The lowest BCUT2D eigenvalue weighted by molar-refractivity contribution is -0.0650. The van der Waals surface area contributed by atoms with Gasteiger partial charge in [0.15, 0.2) is 17.3 Å². The lowest BCUT2D eigenvalue weighted by Gasteiger charge is -2.57. The standard InChI is InChI=1S/C30H42FN3O2/c1-21(2)24-7-5-6-8-25(24)27-20-33(19-22-15-26(31)29(36-4)28(16-22)35-3)13-14-34(27)23-17-30(18-23)9-11-32-12-10-30/h5-8,15-16,21,23,27,32H,9-14,17-20H2,1-4H3. The fourth-order valence-corrected chi connectivity index (χ4v) is 6.91. The summed E-state index contributed by atoms with van der Waals surface area (Å²) >= 11 is 0. The molecule has 6 heteroatoms. The van der Waals surface area contributed by atoms with Gasteiger partial charge in [0.25, 0.3) is 0 Å². The minimum absolute atomic E-state index is 0.173. The van der Waals surface area contributed by atoms with Crippen LogP contribution in [0, 0.1) is 11.2 Å². The monoisotopic (exact) mass is 495 g/mol. The highest BCUT2D eigenvalue weighted by Gasteiger charge is 2.49. The first-order valence-corrected chi connectivity index (χ1v) is 13.6. The van der Waals surface area contributed by atoms with Crippen LogP contribution in [-0.4, -0.2) is 62.8 Å². The molecule has 0 amide bonds. The van der Waals surface area contributed by atoms with Crippen LogP contribution < -0.4 is 14.8 Å². The second kappa shape index (κ2) is 10.7. The van der Waals surface area contributed by atoms with Crippen molar-refractivity contribution in [3.63, 3.8) is 0 Å². The van der Waals surface area contributed by atoms with Crippen LogP contribution in [0.1, 0.15) is 68.2 Å². The first-order chi connectivity index (χ1) is 17.4. The summed E-state index contributed by atoms with van der Waals surface area (Å²) in [5.74, 6) is 0.741. The molecule has 2 heterocycles. The summed E-state index contributed by atoms with van der Waals surface area (Å²) < 4.78 is 25.3. The molecule has 1 atom stereocenters. The predicted octanol–water partition coefficient (Wildman–Crippen LogP) is 5.36. The lowest BCUT2D eigenvalue weighted by Crippen LogP contribution is -2.59. The van der Waals surface area contributed by atoms with E-state index in [1.165, 1.54) is 57.0 Å². The van der Waals surface area contributed by atoms with E-state index in [4.69, 9.17) is 9.47 Å². The fourth-order valence-electron chi connectivity index (χ4n) is 6.91. The minimum Gasteiger partial charge on any atom is -0.493 e. The first kappa shape index (κ1) is 25.5. The summed E-state index contributed by atoms with van der Waals surface area (Å²) in [7, 11) is 3.04. The maximum Gasteiger partial charge on any atom is 0.196 e. The molecule has 2 aromatic rings. The molecule has 0 radical (unpaired) electrons. The molecule has 0 bridgehead atoms. The smallest absolute Gasteiger partial charge is 0.196 e. The molecular weight excluding hydrogens is 453 g/mol. The van der Waals surface area contributed by atoms with E-state index >= 15 is 0 Å². The fraction of sp³-hybridized carbons (Fsp3) is 0.600. The number of piperidine rings is 1. The van der Waals surface area contributed by atoms with Gasteiger partial charge in [0.1, 0.15) is 0 Å². The van der Waals surface area contributed by atoms with E-state index in [-0.39, 0.29) is 11.6 Å². The number of rotatable bonds is 7. The Morgan fingerprint density at radius 2 is 1.81 bits per heavy atom. The second-order valence-corrected chi connectivity index (χ2v) is 11.4. The van der Waals surface area contributed by atoms with Crippen molar-refractivity contribution in [2.45, 2.75) is 64.1 Å². The van der Waals surface area contributed by atoms with Crippen molar-refractivity contribution in [3.05, 3.63) is 58.9 Å². The van der Waals surface area contributed by atoms with Crippen LogP contribution in [0.3, 0.4) is 0 Å². The number of piperazine rings is 1. The Labute approximate surface area is 216 Å². The molecular formula is C30H42FN3O2. The van der Waals surface area contributed by atoms with Gasteiger partial charge in [-0.05, 0) is 78.9 Å². The van der Waals surface area contributed by atoms with Gasteiger partial charge in [0, 0.05) is 38.3 Å². The first-order valence-electron chi connectivity index (χ1n) is 13.6. The quantitative estimate of drug-likeness (QED) is 0.560. The Hall–Kier alpha value is -2.15. The highest BCUT2D eigenvalue weighted by molar-refractivity contribution is 5.44. The van der Waals surface area contributed by atoms with Crippen LogP contribution >= 0.6 is 0 Å². The number of ether oxygens (including phenoxy) is 2. The Morgan fingerprint density at radius 1 is 1.06 bits per heavy atom. The summed E-state index contributed by atoms with van der Waals surface area (Å²) in [6, 6.07) is 13.5. The SMILES string of the molecule is COc1cc(CN2CCN(C3CC4(CCNCC4)C3)C(c3ccccc3C(C)C)C2)cc(F)c1OC. The van der Waals surface area contributed by atoms with Crippen molar-refractivity contribution in [3.8, 4) is 11.5 Å².